The van der Waals surface area contributed by atoms with E-state index in [1.165, 1.54) is 24.2 Å². The summed E-state index contributed by atoms with van der Waals surface area (Å²) in [5.74, 6) is 1.14. The molecule has 1 aliphatic heterocycles. The molecule has 0 bridgehead atoms. The zero-order chi connectivity index (χ0) is 21.1. The van der Waals surface area contributed by atoms with E-state index in [1.807, 2.05) is 29.2 Å². The van der Waals surface area contributed by atoms with Crippen molar-refractivity contribution in [2.45, 2.75) is 12.7 Å². The van der Waals surface area contributed by atoms with Gasteiger partial charge in [0.15, 0.2) is 12.2 Å². The van der Waals surface area contributed by atoms with Gasteiger partial charge < -0.3 is 14.1 Å². The SMILES string of the molecule is COc1ccc(CN2CCN(c3cc(-c4cnco4)cc(C(F)(F)F)c3)CC2)cc1. The van der Waals surface area contributed by atoms with Crippen LogP contribution in [-0.2, 0) is 12.7 Å². The number of aromatic nitrogens is 1. The molecule has 5 nitrogen and oxygen atoms in total. The normalized spacial score (nSPS) is 15.4. The predicted molar refractivity (Wildman–Crippen MR) is 107 cm³/mol. The van der Waals surface area contributed by atoms with Crippen LogP contribution in [0.5, 0.6) is 5.75 Å². The van der Waals surface area contributed by atoms with Crippen LogP contribution in [0.25, 0.3) is 11.3 Å². The van der Waals surface area contributed by atoms with Gasteiger partial charge in [-0.3, -0.25) is 4.90 Å². The van der Waals surface area contributed by atoms with E-state index in [-0.39, 0.29) is 0 Å². The Morgan fingerprint density at radius 3 is 2.37 bits per heavy atom. The zero-order valence-electron chi connectivity index (χ0n) is 16.5. The van der Waals surface area contributed by atoms with Crippen LogP contribution in [0.1, 0.15) is 11.1 Å². The van der Waals surface area contributed by atoms with Crippen molar-refractivity contribution in [1.29, 1.82) is 0 Å². The third-order valence-electron chi connectivity index (χ3n) is 5.26. The molecule has 158 valence electrons. The van der Waals surface area contributed by atoms with Crippen molar-refractivity contribution in [2.24, 2.45) is 0 Å². The Bertz CT molecular complexity index is 964. The number of hydrogen-bond acceptors (Lipinski definition) is 5. The van der Waals surface area contributed by atoms with E-state index < -0.39 is 11.7 Å². The number of benzene rings is 2. The van der Waals surface area contributed by atoms with E-state index in [2.05, 4.69) is 9.88 Å². The molecule has 0 spiro atoms. The topological polar surface area (TPSA) is 41.7 Å². The molecular formula is C22H22F3N3O2. The molecule has 0 N–H and O–H groups in total. The Labute approximate surface area is 172 Å². The summed E-state index contributed by atoms with van der Waals surface area (Å²) in [6.07, 6.45) is -1.79. The van der Waals surface area contributed by atoms with E-state index >= 15 is 0 Å². The first-order valence-corrected chi connectivity index (χ1v) is 9.64. The van der Waals surface area contributed by atoms with Gasteiger partial charge in [0.25, 0.3) is 0 Å². The number of ether oxygens (including phenoxy) is 1. The molecule has 8 heteroatoms. The molecule has 1 fully saturated rings. The van der Waals surface area contributed by atoms with Crippen molar-refractivity contribution in [3.8, 4) is 17.1 Å². The summed E-state index contributed by atoms with van der Waals surface area (Å²) < 4.78 is 50.7. The second-order valence-electron chi connectivity index (χ2n) is 7.24. The first-order chi connectivity index (χ1) is 14.4. The molecule has 0 saturated carbocycles. The van der Waals surface area contributed by atoms with Crippen LogP contribution >= 0.6 is 0 Å². The third kappa shape index (κ3) is 4.59. The highest BCUT2D eigenvalue weighted by Gasteiger charge is 2.32. The van der Waals surface area contributed by atoms with Crippen LogP contribution < -0.4 is 9.64 Å². The van der Waals surface area contributed by atoms with Crippen LogP contribution in [0.15, 0.2) is 59.5 Å². The lowest BCUT2D eigenvalue weighted by molar-refractivity contribution is -0.137. The largest absolute Gasteiger partial charge is 0.497 e. The molecule has 1 aliphatic rings. The monoisotopic (exact) mass is 417 g/mol. The molecule has 4 rings (SSSR count). The number of nitrogens with zero attached hydrogens (tertiary/aromatic N) is 3. The molecule has 1 saturated heterocycles. The number of hydrogen-bond donors (Lipinski definition) is 0. The molecule has 2 heterocycles. The molecule has 0 aliphatic carbocycles. The number of alkyl halides is 3. The molecule has 30 heavy (non-hydrogen) atoms. The summed E-state index contributed by atoms with van der Waals surface area (Å²) in [6.45, 7) is 3.62. The van der Waals surface area contributed by atoms with Crippen LogP contribution in [0.2, 0.25) is 0 Å². The first-order valence-electron chi connectivity index (χ1n) is 9.64. The highest BCUT2D eigenvalue weighted by atomic mass is 19.4. The van der Waals surface area contributed by atoms with E-state index in [1.54, 1.807) is 13.2 Å². The third-order valence-corrected chi connectivity index (χ3v) is 5.26. The van der Waals surface area contributed by atoms with E-state index in [0.29, 0.717) is 30.1 Å². The molecule has 1 aromatic heterocycles. The number of rotatable bonds is 5. The lowest BCUT2D eigenvalue weighted by atomic mass is 10.1. The average molecular weight is 417 g/mol. The summed E-state index contributed by atoms with van der Waals surface area (Å²) in [4.78, 5) is 8.10. The maximum atomic E-state index is 13.4. The van der Waals surface area contributed by atoms with Crippen molar-refractivity contribution < 1.29 is 22.3 Å². The number of oxazole rings is 1. The van der Waals surface area contributed by atoms with Gasteiger partial charge in [0.05, 0.1) is 18.9 Å². The Morgan fingerprint density at radius 1 is 1.03 bits per heavy atom. The maximum absolute atomic E-state index is 13.4. The van der Waals surface area contributed by atoms with Crippen molar-refractivity contribution in [2.75, 3.05) is 38.2 Å². The van der Waals surface area contributed by atoms with Gasteiger partial charge in [0.2, 0.25) is 0 Å². The Hall–Kier alpha value is -3.00. The summed E-state index contributed by atoms with van der Waals surface area (Å²) in [7, 11) is 1.63. The minimum absolute atomic E-state index is 0.320. The van der Waals surface area contributed by atoms with Crippen LogP contribution in [0.4, 0.5) is 18.9 Å². The van der Waals surface area contributed by atoms with Crippen LogP contribution in [0.3, 0.4) is 0 Å². The molecular weight excluding hydrogens is 395 g/mol. The van der Waals surface area contributed by atoms with Gasteiger partial charge in [-0.2, -0.15) is 13.2 Å². The first kappa shape index (κ1) is 20.3. The van der Waals surface area contributed by atoms with E-state index in [0.717, 1.165) is 31.5 Å². The second kappa shape index (κ2) is 8.39. The lowest BCUT2D eigenvalue weighted by Crippen LogP contribution is -2.46. The minimum Gasteiger partial charge on any atom is -0.497 e. The van der Waals surface area contributed by atoms with Crippen molar-refractivity contribution in [3.05, 3.63) is 66.2 Å². The van der Waals surface area contributed by atoms with Gasteiger partial charge in [0.1, 0.15) is 5.75 Å². The Morgan fingerprint density at radius 2 is 1.77 bits per heavy atom. The smallest absolute Gasteiger partial charge is 0.416 e. The maximum Gasteiger partial charge on any atom is 0.416 e. The van der Waals surface area contributed by atoms with Crippen LogP contribution in [-0.4, -0.2) is 43.2 Å². The highest BCUT2D eigenvalue weighted by molar-refractivity contribution is 5.66. The van der Waals surface area contributed by atoms with Crippen molar-refractivity contribution in [3.63, 3.8) is 0 Å². The molecule has 0 amide bonds. The standard InChI is InChI=1S/C22H22F3N3O2/c1-29-20-4-2-16(3-5-20)14-27-6-8-28(9-7-27)19-11-17(21-13-26-15-30-21)10-18(12-19)22(23,24)25/h2-5,10-13,15H,6-9,14H2,1H3. The summed E-state index contributed by atoms with van der Waals surface area (Å²) in [6, 6.07) is 12.0. The Balaban J connectivity index is 1.47. The molecule has 0 radical (unpaired) electrons. The fourth-order valence-electron chi connectivity index (χ4n) is 3.61. The summed E-state index contributed by atoms with van der Waals surface area (Å²) in [5.41, 5.74) is 1.40. The highest BCUT2D eigenvalue weighted by Crippen LogP contribution is 2.36. The quantitative estimate of drug-likeness (QED) is 0.603. The number of piperazine rings is 1. The average Bonchev–Trinajstić information content (AvgIpc) is 3.29. The lowest BCUT2D eigenvalue weighted by Gasteiger charge is -2.36. The number of anilines is 1. The Kier molecular flexibility index (Phi) is 5.67. The molecule has 0 unspecified atom stereocenters. The second-order valence-corrected chi connectivity index (χ2v) is 7.24. The fraction of sp³-hybridized carbons (Fsp3) is 0.318. The summed E-state index contributed by atoms with van der Waals surface area (Å²) >= 11 is 0. The van der Waals surface area contributed by atoms with Crippen molar-refractivity contribution in [1.82, 2.24) is 9.88 Å². The van der Waals surface area contributed by atoms with Gasteiger partial charge in [-0.25, -0.2) is 4.98 Å². The van der Waals surface area contributed by atoms with E-state index in [9.17, 15) is 13.2 Å². The molecule has 0 atom stereocenters. The number of methoxy groups -OCH3 is 1. The van der Waals surface area contributed by atoms with E-state index in [4.69, 9.17) is 9.15 Å². The molecule has 3 aromatic rings. The minimum atomic E-state index is -4.43. The number of halogens is 3. The van der Waals surface area contributed by atoms with Crippen molar-refractivity contribution >= 4 is 5.69 Å². The van der Waals surface area contributed by atoms with Gasteiger partial charge in [0, 0.05) is 44.0 Å². The van der Waals surface area contributed by atoms with Gasteiger partial charge in [-0.1, -0.05) is 12.1 Å². The van der Waals surface area contributed by atoms with Crippen LogP contribution in [0, 0.1) is 0 Å². The fourth-order valence-corrected chi connectivity index (χ4v) is 3.61. The zero-order valence-corrected chi connectivity index (χ0v) is 16.5. The predicted octanol–water partition coefficient (Wildman–Crippen LogP) is 4.69. The summed E-state index contributed by atoms with van der Waals surface area (Å²) in [5, 5.41) is 0. The van der Waals surface area contributed by atoms with Gasteiger partial charge in [-0.05, 0) is 35.9 Å². The molecule has 2 aromatic carbocycles. The van der Waals surface area contributed by atoms with Gasteiger partial charge >= 0.3 is 6.18 Å². The van der Waals surface area contributed by atoms with Gasteiger partial charge in [-0.15, -0.1) is 0 Å².